The Morgan fingerprint density at radius 1 is 0.897 bits per heavy atom. The number of ether oxygens (including phenoxy) is 1. The standard InChI is InChI=1S/C23H21F2NO2S/c24-23(25)28-19-13-11-17(12-14-19)15-16-26-22(27)21(18-7-3-1-4-8-18)29-20-9-5-2-6-10-20/h1-14,21,23H,15-16H2,(H,26,27). The first kappa shape index (κ1) is 20.9. The normalized spacial score (nSPS) is 11.8. The monoisotopic (exact) mass is 413 g/mol. The van der Waals surface area contributed by atoms with E-state index in [2.05, 4.69) is 10.1 Å². The van der Waals surface area contributed by atoms with Crippen LogP contribution in [-0.4, -0.2) is 19.1 Å². The predicted octanol–water partition coefficient (Wildman–Crippen LogP) is 5.48. The predicted molar refractivity (Wildman–Crippen MR) is 111 cm³/mol. The largest absolute Gasteiger partial charge is 0.435 e. The van der Waals surface area contributed by atoms with Crippen molar-refractivity contribution in [1.29, 1.82) is 0 Å². The zero-order valence-electron chi connectivity index (χ0n) is 15.6. The maximum atomic E-state index is 12.9. The van der Waals surface area contributed by atoms with Gasteiger partial charge in [0.1, 0.15) is 11.0 Å². The summed E-state index contributed by atoms with van der Waals surface area (Å²) in [5.74, 6) is 0.0545. The van der Waals surface area contributed by atoms with Gasteiger partial charge in [0.15, 0.2) is 0 Å². The van der Waals surface area contributed by atoms with Crippen LogP contribution in [0.5, 0.6) is 5.75 Å². The summed E-state index contributed by atoms with van der Waals surface area (Å²) in [5.41, 5.74) is 1.87. The molecule has 0 aromatic heterocycles. The zero-order valence-corrected chi connectivity index (χ0v) is 16.4. The highest BCUT2D eigenvalue weighted by Crippen LogP contribution is 2.35. The van der Waals surface area contributed by atoms with E-state index >= 15 is 0 Å². The van der Waals surface area contributed by atoms with Gasteiger partial charge in [-0.15, -0.1) is 11.8 Å². The molecule has 0 saturated carbocycles. The number of nitrogens with one attached hydrogen (secondary N) is 1. The van der Waals surface area contributed by atoms with Crippen molar-refractivity contribution in [2.75, 3.05) is 6.54 Å². The molecule has 0 saturated heterocycles. The highest BCUT2D eigenvalue weighted by Gasteiger charge is 2.21. The molecule has 0 radical (unpaired) electrons. The highest BCUT2D eigenvalue weighted by atomic mass is 32.2. The van der Waals surface area contributed by atoms with Crippen LogP contribution in [0.25, 0.3) is 0 Å². The number of alkyl halides is 2. The molecular weight excluding hydrogens is 392 g/mol. The molecule has 1 amide bonds. The molecule has 3 nitrogen and oxygen atoms in total. The molecule has 0 bridgehead atoms. The molecule has 0 heterocycles. The fourth-order valence-corrected chi connectivity index (χ4v) is 3.87. The second-order valence-electron chi connectivity index (χ2n) is 6.29. The molecule has 1 atom stereocenters. The van der Waals surface area contributed by atoms with Gasteiger partial charge in [-0.05, 0) is 41.8 Å². The Balaban J connectivity index is 1.59. The molecule has 1 unspecified atom stereocenters. The molecule has 1 N–H and O–H groups in total. The Labute approximate surface area is 173 Å². The van der Waals surface area contributed by atoms with Crippen molar-refractivity contribution in [3.63, 3.8) is 0 Å². The Hall–Kier alpha value is -2.86. The van der Waals surface area contributed by atoms with Crippen molar-refractivity contribution < 1.29 is 18.3 Å². The van der Waals surface area contributed by atoms with Gasteiger partial charge in [0.25, 0.3) is 0 Å². The van der Waals surface area contributed by atoms with E-state index in [1.807, 2.05) is 60.7 Å². The first-order chi connectivity index (χ1) is 14.1. The van der Waals surface area contributed by atoms with Crippen LogP contribution in [0.2, 0.25) is 0 Å². The molecular formula is C23H21F2NO2S. The number of hydrogen-bond acceptors (Lipinski definition) is 3. The van der Waals surface area contributed by atoms with Crippen LogP contribution >= 0.6 is 11.8 Å². The minimum atomic E-state index is -2.84. The number of amides is 1. The Morgan fingerprint density at radius 2 is 1.52 bits per heavy atom. The van der Waals surface area contributed by atoms with Gasteiger partial charge >= 0.3 is 6.61 Å². The van der Waals surface area contributed by atoms with Crippen molar-refractivity contribution in [2.45, 2.75) is 23.2 Å². The molecule has 29 heavy (non-hydrogen) atoms. The third-order valence-electron chi connectivity index (χ3n) is 4.20. The van der Waals surface area contributed by atoms with Crippen molar-refractivity contribution in [3.05, 3.63) is 96.1 Å². The van der Waals surface area contributed by atoms with Gasteiger partial charge in [0.2, 0.25) is 5.91 Å². The van der Waals surface area contributed by atoms with E-state index in [9.17, 15) is 13.6 Å². The average Bonchev–Trinajstić information content (AvgIpc) is 2.74. The van der Waals surface area contributed by atoms with Gasteiger partial charge in [0.05, 0.1) is 0 Å². The van der Waals surface area contributed by atoms with Crippen LogP contribution in [-0.2, 0) is 11.2 Å². The van der Waals surface area contributed by atoms with Gasteiger partial charge < -0.3 is 10.1 Å². The van der Waals surface area contributed by atoms with Gasteiger partial charge in [-0.2, -0.15) is 8.78 Å². The molecule has 0 spiro atoms. The summed E-state index contributed by atoms with van der Waals surface area (Å²) >= 11 is 1.50. The summed E-state index contributed by atoms with van der Waals surface area (Å²) in [4.78, 5) is 13.9. The molecule has 3 aromatic rings. The van der Waals surface area contributed by atoms with Gasteiger partial charge in [-0.3, -0.25) is 4.79 Å². The van der Waals surface area contributed by atoms with Crippen LogP contribution in [0.1, 0.15) is 16.4 Å². The summed E-state index contributed by atoms with van der Waals surface area (Å²) in [6.45, 7) is -2.38. The second kappa shape index (κ2) is 10.6. The Bertz CT molecular complexity index is 890. The van der Waals surface area contributed by atoms with Crippen LogP contribution in [0.15, 0.2) is 89.8 Å². The van der Waals surface area contributed by atoms with E-state index in [1.54, 1.807) is 12.1 Å². The van der Waals surface area contributed by atoms with Crippen molar-refractivity contribution in [2.24, 2.45) is 0 Å². The number of thioether (sulfide) groups is 1. The molecule has 3 aromatic carbocycles. The Morgan fingerprint density at radius 3 is 2.14 bits per heavy atom. The van der Waals surface area contributed by atoms with Crippen molar-refractivity contribution in [3.8, 4) is 5.75 Å². The molecule has 0 aliphatic carbocycles. The van der Waals surface area contributed by atoms with E-state index in [0.29, 0.717) is 13.0 Å². The van der Waals surface area contributed by atoms with Crippen LogP contribution in [0.3, 0.4) is 0 Å². The molecule has 6 heteroatoms. The zero-order chi connectivity index (χ0) is 20.5. The lowest BCUT2D eigenvalue weighted by atomic mass is 10.1. The minimum absolute atomic E-state index is 0.0669. The SMILES string of the molecule is O=C(NCCc1ccc(OC(F)F)cc1)C(Sc1ccccc1)c1ccccc1. The van der Waals surface area contributed by atoms with Crippen molar-refractivity contribution in [1.82, 2.24) is 5.32 Å². The van der Waals surface area contributed by atoms with Crippen molar-refractivity contribution >= 4 is 17.7 Å². The summed E-state index contributed by atoms with van der Waals surface area (Å²) in [6, 6.07) is 25.9. The average molecular weight is 413 g/mol. The maximum Gasteiger partial charge on any atom is 0.387 e. The molecule has 3 rings (SSSR count). The van der Waals surface area contributed by atoms with E-state index in [0.717, 1.165) is 16.0 Å². The summed E-state index contributed by atoms with van der Waals surface area (Å²) in [5, 5.41) is 2.63. The number of carbonyl (C=O) groups excluding carboxylic acids is 1. The van der Waals surface area contributed by atoms with E-state index in [4.69, 9.17) is 0 Å². The maximum absolute atomic E-state index is 12.9. The van der Waals surface area contributed by atoms with Gasteiger partial charge in [-0.1, -0.05) is 60.7 Å². The smallest absolute Gasteiger partial charge is 0.387 e. The lowest BCUT2D eigenvalue weighted by molar-refractivity contribution is -0.120. The Kier molecular flexibility index (Phi) is 7.64. The molecule has 0 aliphatic heterocycles. The van der Waals surface area contributed by atoms with Crippen LogP contribution < -0.4 is 10.1 Å². The van der Waals surface area contributed by atoms with Crippen LogP contribution in [0.4, 0.5) is 8.78 Å². The highest BCUT2D eigenvalue weighted by molar-refractivity contribution is 8.00. The fraction of sp³-hybridized carbons (Fsp3) is 0.174. The van der Waals surface area contributed by atoms with E-state index in [1.165, 1.54) is 23.9 Å². The lowest BCUT2D eigenvalue weighted by Crippen LogP contribution is -2.29. The summed E-state index contributed by atoms with van der Waals surface area (Å²) < 4.78 is 28.8. The first-order valence-electron chi connectivity index (χ1n) is 9.20. The second-order valence-corrected chi connectivity index (χ2v) is 7.46. The van der Waals surface area contributed by atoms with E-state index < -0.39 is 6.61 Å². The topological polar surface area (TPSA) is 38.3 Å². The number of rotatable bonds is 9. The molecule has 0 fully saturated rings. The third-order valence-corrected chi connectivity index (χ3v) is 5.47. The van der Waals surface area contributed by atoms with Gasteiger partial charge in [-0.25, -0.2) is 0 Å². The summed E-state index contributed by atoms with van der Waals surface area (Å²) in [7, 11) is 0. The third kappa shape index (κ3) is 6.61. The van der Waals surface area contributed by atoms with Crippen LogP contribution in [0, 0.1) is 0 Å². The molecule has 0 aliphatic rings. The first-order valence-corrected chi connectivity index (χ1v) is 10.1. The lowest BCUT2D eigenvalue weighted by Gasteiger charge is -2.17. The minimum Gasteiger partial charge on any atom is -0.435 e. The fourth-order valence-electron chi connectivity index (χ4n) is 2.80. The summed E-state index contributed by atoms with van der Waals surface area (Å²) in [6.07, 6.45) is 0.595. The number of carbonyl (C=O) groups is 1. The van der Waals surface area contributed by atoms with Gasteiger partial charge in [0, 0.05) is 11.4 Å². The number of hydrogen-bond donors (Lipinski definition) is 1. The quantitative estimate of drug-likeness (QED) is 0.472. The number of halogens is 2. The molecule has 150 valence electrons. The number of benzene rings is 3. The van der Waals surface area contributed by atoms with E-state index in [-0.39, 0.29) is 16.9 Å².